The summed E-state index contributed by atoms with van der Waals surface area (Å²) in [7, 11) is 0. The van der Waals surface area contributed by atoms with Gasteiger partial charge in [0.05, 0.1) is 5.92 Å². The van der Waals surface area contributed by atoms with E-state index in [1.54, 1.807) is 0 Å². The van der Waals surface area contributed by atoms with E-state index in [4.69, 9.17) is 16.2 Å². The molecule has 14 heavy (non-hydrogen) atoms. The molecule has 1 aliphatic heterocycles. The van der Waals surface area contributed by atoms with Crippen molar-refractivity contribution in [1.29, 1.82) is 5.41 Å². The summed E-state index contributed by atoms with van der Waals surface area (Å²) in [6, 6.07) is 0. The predicted molar refractivity (Wildman–Crippen MR) is 43.6 cm³/mol. The number of nitrogens with one attached hydrogen (secondary N) is 1. The molecule has 1 aliphatic rings. The normalized spacial score (nSPS) is 28.1. The summed E-state index contributed by atoms with van der Waals surface area (Å²) < 4.78 is 37.2. The number of nitrogens with two attached hydrogens (primary N) is 1. The summed E-state index contributed by atoms with van der Waals surface area (Å²) in [5.41, 5.74) is 5.08. The van der Waals surface area contributed by atoms with Crippen molar-refractivity contribution in [3.05, 3.63) is 0 Å². The first-order valence-electron chi connectivity index (χ1n) is 4.12. The zero-order valence-corrected chi connectivity index (χ0v) is 7.38. The molecule has 2 atom stereocenters. The van der Waals surface area contributed by atoms with Gasteiger partial charge in [0.15, 0.2) is 5.96 Å². The van der Waals surface area contributed by atoms with Crippen molar-refractivity contribution < 1.29 is 18.3 Å². The van der Waals surface area contributed by atoms with Crippen LogP contribution in [0.25, 0.3) is 0 Å². The lowest BCUT2D eigenvalue weighted by molar-refractivity contribution is -0.182. The molecule has 1 heterocycles. The minimum atomic E-state index is -4.34. The van der Waals surface area contributed by atoms with E-state index in [0.29, 0.717) is 0 Å². The fraction of sp³-hybridized carbons (Fsp3) is 0.857. The Morgan fingerprint density at radius 1 is 1.50 bits per heavy atom. The van der Waals surface area contributed by atoms with Gasteiger partial charge in [-0.2, -0.15) is 13.2 Å². The summed E-state index contributed by atoms with van der Waals surface area (Å²) in [6.07, 6.45) is -4.34. The molecule has 1 fully saturated rings. The molecular formula is C7H12F3N3O. The topological polar surface area (TPSA) is 73.3 Å². The number of alkyl halides is 3. The van der Waals surface area contributed by atoms with Gasteiger partial charge in [-0.15, -0.1) is 0 Å². The second-order valence-corrected chi connectivity index (χ2v) is 3.38. The van der Waals surface area contributed by atoms with Gasteiger partial charge in [0.1, 0.15) is 0 Å². The van der Waals surface area contributed by atoms with Crippen molar-refractivity contribution in [1.82, 2.24) is 4.90 Å². The highest BCUT2D eigenvalue weighted by atomic mass is 19.4. The minimum Gasteiger partial charge on any atom is -0.396 e. The summed E-state index contributed by atoms with van der Waals surface area (Å²) in [6.45, 7) is -0.867. The van der Waals surface area contributed by atoms with Gasteiger partial charge in [0.25, 0.3) is 0 Å². The third kappa shape index (κ3) is 2.09. The summed E-state index contributed by atoms with van der Waals surface area (Å²) >= 11 is 0. The number of likely N-dealkylation sites (tertiary alicyclic amines) is 1. The molecule has 0 amide bonds. The predicted octanol–water partition coefficient (Wildman–Crippen LogP) is -0.0175. The van der Waals surface area contributed by atoms with E-state index >= 15 is 0 Å². The summed E-state index contributed by atoms with van der Waals surface area (Å²) in [5.74, 6) is -2.84. The monoisotopic (exact) mass is 211 g/mol. The van der Waals surface area contributed by atoms with Crippen LogP contribution in [0.4, 0.5) is 13.2 Å². The lowest BCUT2D eigenvalue weighted by Gasteiger charge is -2.18. The Hall–Kier alpha value is -0.980. The Morgan fingerprint density at radius 2 is 2.07 bits per heavy atom. The number of aliphatic hydroxyl groups excluding tert-OH is 1. The van der Waals surface area contributed by atoms with E-state index in [1.165, 1.54) is 0 Å². The SMILES string of the molecule is N=C(N)N1C[C@H](CO)[C@@H](C(F)(F)F)C1. The van der Waals surface area contributed by atoms with Gasteiger partial charge >= 0.3 is 6.18 Å². The number of aliphatic hydroxyl groups is 1. The van der Waals surface area contributed by atoms with Gasteiger partial charge < -0.3 is 15.7 Å². The molecule has 1 rings (SSSR count). The van der Waals surface area contributed by atoms with Crippen molar-refractivity contribution >= 4 is 5.96 Å². The maximum absolute atomic E-state index is 12.4. The first kappa shape index (κ1) is 11.1. The lowest BCUT2D eigenvalue weighted by Crippen LogP contribution is -2.36. The fourth-order valence-corrected chi connectivity index (χ4v) is 1.62. The van der Waals surface area contributed by atoms with Gasteiger partial charge in [-0.3, -0.25) is 5.41 Å². The molecule has 82 valence electrons. The highest BCUT2D eigenvalue weighted by molar-refractivity contribution is 5.74. The number of guanidine groups is 1. The Kier molecular flexibility index (Phi) is 2.89. The quantitative estimate of drug-likeness (QED) is 0.421. The molecule has 0 aromatic carbocycles. The molecule has 4 N–H and O–H groups in total. The van der Waals surface area contributed by atoms with Crippen molar-refractivity contribution in [3.8, 4) is 0 Å². The third-order valence-electron chi connectivity index (χ3n) is 2.44. The number of hydrogen-bond donors (Lipinski definition) is 3. The second-order valence-electron chi connectivity index (χ2n) is 3.38. The van der Waals surface area contributed by atoms with Gasteiger partial charge in [-0.1, -0.05) is 0 Å². The highest BCUT2D eigenvalue weighted by Gasteiger charge is 2.49. The number of nitrogens with zero attached hydrogens (tertiary/aromatic N) is 1. The number of halogens is 3. The van der Waals surface area contributed by atoms with Crippen molar-refractivity contribution in [3.63, 3.8) is 0 Å². The molecule has 0 saturated carbocycles. The van der Waals surface area contributed by atoms with E-state index in [2.05, 4.69) is 0 Å². The third-order valence-corrected chi connectivity index (χ3v) is 2.44. The average molecular weight is 211 g/mol. The highest BCUT2D eigenvalue weighted by Crippen LogP contribution is 2.36. The van der Waals surface area contributed by atoms with Crippen LogP contribution in [0.1, 0.15) is 0 Å². The smallest absolute Gasteiger partial charge is 0.393 e. The van der Waals surface area contributed by atoms with Crippen LogP contribution in [-0.4, -0.2) is 41.8 Å². The van der Waals surface area contributed by atoms with E-state index in [1.807, 2.05) is 0 Å². The number of rotatable bonds is 1. The second kappa shape index (κ2) is 3.64. The van der Waals surface area contributed by atoms with E-state index in [9.17, 15) is 13.2 Å². The fourth-order valence-electron chi connectivity index (χ4n) is 1.62. The molecule has 4 nitrogen and oxygen atoms in total. The first-order chi connectivity index (χ1) is 6.36. The Morgan fingerprint density at radius 3 is 2.36 bits per heavy atom. The lowest BCUT2D eigenvalue weighted by atomic mass is 9.97. The zero-order valence-electron chi connectivity index (χ0n) is 7.38. The Labute approximate surface area is 79.0 Å². The van der Waals surface area contributed by atoms with E-state index in [-0.39, 0.29) is 19.0 Å². The van der Waals surface area contributed by atoms with Crippen LogP contribution in [0.15, 0.2) is 0 Å². The molecule has 0 spiro atoms. The molecule has 7 heteroatoms. The van der Waals surface area contributed by atoms with Crippen LogP contribution in [0, 0.1) is 17.2 Å². The molecule has 0 aromatic heterocycles. The van der Waals surface area contributed by atoms with Crippen molar-refractivity contribution in [2.45, 2.75) is 6.18 Å². The molecule has 0 aliphatic carbocycles. The standard InChI is InChI=1S/C7H12F3N3O/c8-7(9,10)5-2-13(6(11)12)1-4(5)3-14/h4-5,14H,1-3H2,(H3,11,12)/t4-,5+/m1/s1. The van der Waals surface area contributed by atoms with Crippen LogP contribution in [0.3, 0.4) is 0 Å². The van der Waals surface area contributed by atoms with Gasteiger partial charge in [0, 0.05) is 25.6 Å². The molecule has 0 radical (unpaired) electrons. The first-order valence-corrected chi connectivity index (χ1v) is 4.12. The molecular weight excluding hydrogens is 199 g/mol. The van der Waals surface area contributed by atoms with E-state index in [0.717, 1.165) is 4.90 Å². The largest absolute Gasteiger partial charge is 0.396 e. The summed E-state index contributed by atoms with van der Waals surface area (Å²) in [5, 5.41) is 15.8. The van der Waals surface area contributed by atoms with Crippen molar-refractivity contribution in [2.24, 2.45) is 17.6 Å². The molecule has 0 aromatic rings. The molecule has 0 unspecified atom stereocenters. The maximum atomic E-state index is 12.4. The van der Waals surface area contributed by atoms with Gasteiger partial charge in [-0.25, -0.2) is 0 Å². The molecule has 1 saturated heterocycles. The van der Waals surface area contributed by atoms with Crippen LogP contribution >= 0.6 is 0 Å². The maximum Gasteiger partial charge on any atom is 0.393 e. The van der Waals surface area contributed by atoms with Gasteiger partial charge in [0.2, 0.25) is 0 Å². The zero-order chi connectivity index (χ0) is 10.9. The van der Waals surface area contributed by atoms with Crippen LogP contribution < -0.4 is 5.73 Å². The molecule has 0 bridgehead atoms. The van der Waals surface area contributed by atoms with Crippen LogP contribution in [0.5, 0.6) is 0 Å². The number of hydrogen-bond acceptors (Lipinski definition) is 2. The van der Waals surface area contributed by atoms with Crippen LogP contribution in [0.2, 0.25) is 0 Å². The van der Waals surface area contributed by atoms with Crippen LogP contribution in [-0.2, 0) is 0 Å². The Bertz CT molecular complexity index is 231. The van der Waals surface area contributed by atoms with Gasteiger partial charge in [-0.05, 0) is 0 Å². The van der Waals surface area contributed by atoms with Crippen molar-refractivity contribution in [2.75, 3.05) is 19.7 Å². The summed E-state index contributed by atoms with van der Waals surface area (Å²) in [4.78, 5) is 1.12. The minimum absolute atomic E-state index is 0.00396. The van der Waals surface area contributed by atoms with E-state index < -0.39 is 24.6 Å². The Balaban J connectivity index is 2.73. The average Bonchev–Trinajstić information content (AvgIpc) is 2.46.